The fourth-order valence-electron chi connectivity index (χ4n) is 5.06. The highest BCUT2D eigenvalue weighted by atomic mass is 16.5. The number of aliphatic hydroxyl groups is 1. The van der Waals surface area contributed by atoms with Crippen LogP contribution < -0.4 is 10.2 Å². The van der Waals surface area contributed by atoms with Crippen LogP contribution in [-0.4, -0.2) is 75.4 Å². The van der Waals surface area contributed by atoms with Crippen LogP contribution in [0.25, 0.3) is 5.65 Å². The summed E-state index contributed by atoms with van der Waals surface area (Å²) < 4.78 is 7.07. The van der Waals surface area contributed by atoms with Crippen LogP contribution in [0.2, 0.25) is 0 Å². The monoisotopic (exact) mass is 462 g/mol. The van der Waals surface area contributed by atoms with E-state index in [1.807, 2.05) is 17.0 Å². The van der Waals surface area contributed by atoms with Crippen LogP contribution in [0, 0.1) is 5.92 Å². The lowest BCUT2D eigenvalue weighted by Gasteiger charge is -2.34. The molecule has 1 aliphatic carbocycles. The number of nitrogens with zero attached hydrogens (tertiary/aromatic N) is 5. The van der Waals surface area contributed by atoms with Gasteiger partial charge in [-0.15, -0.1) is 0 Å². The van der Waals surface area contributed by atoms with Crippen molar-refractivity contribution in [2.45, 2.75) is 25.5 Å². The largest absolute Gasteiger partial charge is 0.393 e. The number of carbonyl (C=O) groups is 2. The van der Waals surface area contributed by atoms with E-state index in [1.54, 1.807) is 23.0 Å². The lowest BCUT2D eigenvalue weighted by molar-refractivity contribution is 0.0234. The number of aromatic nitrogens is 3. The van der Waals surface area contributed by atoms with Crippen molar-refractivity contribution in [3.63, 3.8) is 0 Å². The summed E-state index contributed by atoms with van der Waals surface area (Å²) in [4.78, 5) is 34.7. The van der Waals surface area contributed by atoms with Gasteiger partial charge in [0.05, 0.1) is 36.9 Å². The minimum atomic E-state index is -0.298. The van der Waals surface area contributed by atoms with Gasteiger partial charge in [0.1, 0.15) is 5.56 Å². The Morgan fingerprint density at radius 2 is 2.06 bits per heavy atom. The number of rotatable bonds is 5. The molecule has 0 bridgehead atoms. The molecule has 0 spiro atoms. The van der Waals surface area contributed by atoms with Gasteiger partial charge in [-0.05, 0) is 42.5 Å². The van der Waals surface area contributed by atoms with Gasteiger partial charge in [0.25, 0.3) is 11.8 Å². The maximum absolute atomic E-state index is 13.2. The molecule has 176 valence electrons. The van der Waals surface area contributed by atoms with Crippen molar-refractivity contribution in [3.8, 4) is 0 Å². The van der Waals surface area contributed by atoms with Crippen LogP contribution in [0.15, 0.2) is 36.8 Å². The molecule has 0 atom stereocenters. The van der Waals surface area contributed by atoms with Gasteiger partial charge in [0.2, 0.25) is 0 Å². The number of anilines is 2. The third-order valence-electron chi connectivity index (χ3n) is 6.91. The number of ether oxygens (including phenoxy) is 1. The molecule has 0 unspecified atom stereocenters. The molecule has 2 aliphatic heterocycles. The summed E-state index contributed by atoms with van der Waals surface area (Å²) in [5.41, 5.74) is 3.92. The van der Waals surface area contributed by atoms with Gasteiger partial charge in [-0.2, -0.15) is 5.10 Å². The second-order valence-corrected chi connectivity index (χ2v) is 9.20. The molecule has 1 aromatic carbocycles. The van der Waals surface area contributed by atoms with Crippen molar-refractivity contribution >= 4 is 28.8 Å². The summed E-state index contributed by atoms with van der Waals surface area (Å²) in [6, 6.07) is 5.58. The number of aliphatic hydroxyl groups excluding tert-OH is 1. The van der Waals surface area contributed by atoms with Gasteiger partial charge in [-0.1, -0.05) is 0 Å². The van der Waals surface area contributed by atoms with E-state index in [-0.39, 0.29) is 17.9 Å². The lowest BCUT2D eigenvalue weighted by Crippen LogP contribution is -2.38. The number of benzene rings is 1. The molecule has 10 heteroatoms. The molecule has 2 aromatic heterocycles. The molecular weight excluding hydrogens is 436 g/mol. The molecule has 2 fully saturated rings. The molecule has 2 amide bonds. The lowest BCUT2D eigenvalue weighted by atomic mass is 9.82. The molecule has 0 radical (unpaired) electrons. The van der Waals surface area contributed by atoms with Crippen LogP contribution in [0.4, 0.5) is 11.4 Å². The Hall–Kier alpha value is -3.50. The fraction of sp³-hybridized carbons (Fsp3) is 0.417. The second kappa shape index (κ2) is 8.37. The van der Waals surface area contributed by atoms with E-state index in [2.05, 4.69) is 20.3 Å². The molecule has 3 aromatic rings. The summed E-state index contributed by atoms with van der Waals surface area (Å²) in [5, 5.41) is 16.9. The molecule has 2 N–H and O–H groups in total. The van der Waals surface area contributed by atoms with Crippen LogP contribution in [0.5, 0.6) is 0 Å². The zero-order valence-electron chi connectivity index (χ0n) is 18.7. The van der Waals surface area contributed by atoms with E-state index in [4.69, 9.17) is 4.74 Å². The van der Waals surface area contributed by atoms with Crippen LogP contribution in [0.3, 0.4) is 0 Å². The highest BCUT2D eigenvalue weighted by Crippen LogP contribution is 2.37. The summed E-state index contributed by atoms with van der Waals surface area (Å²) in [6.07, 6.45) is 6.13. The zero-order chi connectivity index (χ0) is 23.2. The van der Waals surface area contributed by atoms with E-state index in [0.29, 0.717) is 67.8 Å². The van der Waals surface area contributed by atoms with Gasteiger partial charge in [-0.25, -0.2) is 9.50 Å². The standard InChI is InChI=1S/C24H26N6O4/c31-17-8-15(9-17)13-29-14-16-10-20(21(11-18(16)24(29)33)28-4-6-34-7-5-28)27-23(32)19-12-26-30-3-1-2-25-22(19)30/h1-3,10-12,15,17,31H,4-9,13-14H2,(H,27,32)/t15-,17-. The van der Waals surface area contributed by atoms with Crippen molar-refractivity contribution in [1.29, 1.82) is 0 Å². The van der Waals surface area contributed by atoms with Gasteiger partial charge in [-0.3, -0.25) is 9.59 Å². The first kappa shape index (κ1) is 21.1. The first-order chi connectivity index (χ1) is 16.6. The van der Waals surface area contributed by atoms with E-state index in [1.165, 1.54) is 6.20 Å². The van der Waals surface area contributed by atoms with Gasteiger partial charge >= 0.3 is 0 Å². The van der Waals surface area contributed by atoms with E-state index in [9.17, 15) is 14.7 Å². The average Bonchev–Trinajstić information content (AvgIpc) is 3.39. The molecule has 34 heavy (non-hydrogen) atoms. The highest BCUT2D eigenvalue weighted by molar-refractivity contribution is 6.10. The molecular formula is C24H26N6O4. The average molecular weight is 463 g/mol. The van der Waals surface area contributed by atoms with E-state index >= 15 is 0 Å². The summed E-state index contributed by atoms with van der Waals surface area (Å²) in [5.74, 6) is 0.0534. The Labute approximate surface area is 196 Å². The maximum atomic E-state index is 13.2. The molecule has 10 nitrogen and oxygen atoms in total. The molecule has 3 aliphatic rings. The smallest absolute Gasteiger partial charge is 0.261 e. The van der Waals surface area contributed by atoms with E-state index in [0.717, 1.165) is 24.1 Å². The minimum absolute atomic E-state index is 0.00982. The molecule has 1 saturated carbocycles. The van der Waals surface area contributed by atoms with Crippen LogP contribution in [-0.2, 0) is 11.3 Å². The zero-order valence-corrected chi connectivity index (χ0v) is 18.7. The number of hydrogen-bond donors (Lipinski definition) is 2. The third kappa shape index (κ3) is 3.68. The Bertz CT molecular complexity index is 1260. The summed E-state index contributed by atoms with van der Waals surface area (Å²) in [7, 11) is 0. The third-order valence-corrected chi connectivity index (χ3v) is 6.91. The number of hydrogen-bond acceptors (Lipinski definition) is 7. The fourth-order valence-corrected chi connectivity index (χ4v) is 5.06. The Morgan fingerprint density at radius 3 is 2.85 bits per heavy atom. The van der Waals surface area contributed by atoms with Gasteiger partial charge in [0, 0.05) is 44.1 Å². The number of morpholine rings is 1. The van der Waals surface area contributed by atoms with Crippen molar-refractivity contribution in [3.05, 3.63) is 53.5 Å². The maximum Gasteiger partial charge on any atom is 0.261 e. The van der Waals surface area contributed by atoms with Crippen LogP contribution >= 0.6 is 0 Å². The highest BCUT2D eigenvalue weighted by Gasteiger charge is 2.35. The minimum Gasteiger partial charge on any atom is -0.393 e. The Morgan fingerprint density at radius 1 is 1.24 bits per heavy atom. The van der Waals surface area contributed by atoms with Crippen molar-refractivity contribution in [2.24, 2.45) is 5.92 Å². The normalized spacial score (nSPS) is 22.1. The Kier molecular flexibility index (Phi) is 5.19. The number of nitrogens with one attached hydrogen (secondary N) is 1. The first-order valence-corrected chi connectivity index (χ1v) is 11.6. The quantitative estimate of drug-likeness (QED) is 0.592. The summed E-state index contributed by atoms with van der Waals surface area (Å²) in [6.45, 7) is 3.69. The second-order valence-electron chi connectivity index (χ2n) is 9.20. The first-order valence-electron chi connectivity index (χ1n) is 11.6. The van der Waals surface area contributed by atoms with Crippen LogP contribution in [0.1, 0.15) is 39.1 Å². The predicted octanol–water partition coefficient (Wildman–Crippen LogP) is 1.54. The van der Waals surface area contributed by atoms with Crippen molar-refractivity contribution < 1.29 is 19.4 Å². The number of carbonyl (C=O) groups excluding carboxylic acids is 2. The van der Waals surface area contributed by atoms with Crippen molar-refractivity contribution in [2.75, 3.05) is 43.1 Å². The number of fused-ring (bicyclic) bond motifs is 2. The number of amides is 2. The van der Waals surface area contributed by atoms with E-state index < -0.39 is 0 Å². The SMILES string of the molecule is O=C(Nc1cc2c(cc1N1CCOCC1)C(=O)N(C[C@H]1C[C@H](O)C1)C2)c1cnn2cccnc12. The topological polar surface area (TPSA) is 112 Å². The van der Waals surface area contributed by atoms with Gasteiger partial charge < -0.3 is 25.0 Å². The Balaban J connectivity index is 1.31. The predicted molar refractivity (Wildman–Crippen MR) is 124 cm³/mol. The van der Waals surface area contributed by atoms with Crippen molar-refractivity contribution in [1.82, 2.24) is 19.5 Å². The summed E-state index contributed by atoms with van der Waals surface area (Å²) >= 11 is 0. The molecule has 6 rings (SSSR count). The molecule has 1 saturated heterocycles. The molecule has 4 heterocycles. The van der Waals surface area contributed by atoms with Gasteiger partial charge in [0.15, 0.2) is 5.65 Å².